The zero-order chi connectivity index (χ0) is 23.3. The van der Waals surface area contributed by atoms with Crippen LogP contribution in [0.5, 0.6) is 0 Å². The Morgan fingerprint density at radius 1 is 1.19 bits per heavy atom. The van der Waals surface area contributed by atoms with Crippen LogP contribution in [-0.4, -0.2) is 40.9 Å². The number of carbonyl (C=O) groups is 2. The first kappa shape index (κ1) is 23.6. The van der Waals surface area contributed by atoms with Gasteiger partial charge in [-0.25, -0.2) is 0 Å². The van der Waals surface area contributed by atoms with Crippen molar-refractivity contribution >= 4 is 39.1 Å². The summed E-state index contributed by atoms with van der Waals surface area (Å²) < 4.78 is 0.425. The van der Waals surface area contributed by atoms with Crippen LogP contribution in [-0.2, 0) is 6.54 Å². The second-order valence-corrected chi connectivity index (χ2v) is 8.50. The summed E-state index contributed by atoms with van der Waals surface area (Å²) in [6.07, 6.45) is 6.28. The van der Waals surface area contributed by atoms with Gasteiger partial charge in [-0.2, -0.15) is 0 Å². The molecular formula is C21H25BrN6O4. The van der Waals surface area contributed by atoms with Gasteiger partial charge in [0, 0.05) is 48.6 Å². The summed E-state index contributed by atoms with van der Waals surface area (Å²) in [6.45, 7) is 0.275. The van der Waals surface area contributed by atoms with Crippen molar-refractivity contribution in [1.29, 1.82) is 0 Å². The third kappa shape index (κ3) is 5.40. The zero-order valence-electron chi connectivity index (χ0n) is 17.6. The maximum absolute atomic E-state index is 12.8. The van der Waals surface area contributed by atoms with E-state index >= 15 is 0 Å². The largest absolute Gasteiger partial charge is 0.374 e. The number of amides is 2. The summed E-state index contributed by atoms with van der Waals surface area (Å²) in [6, 6.07) is 4.01. The van der Waals surface area contributed by atoms with Crippen LogP contribution in [0, 0.1) is 10.1 Å². The minimum atomic E-state index is -0.528. The van der Waals surface area contributed by atoms with Gasteiger partial charge in [0.25, 0.3) is 17.5 Å². The molecule has 0 spiro atoms. The fourth-order valence-electron chi connectivity index (χ4n) is 3.84. The van der Waals surface area contributed by atoms with Gasteiger partial charge in [-0.1, -0.05) is 28.8 Å². The molecule has 0 unspecified atom stereocenters. The van der Waals surface area contributed by atoms with E-state index < -0.39 is 10.8 Å². The summed E-state index contributed by atoms with van der Waals surface area (Å²) in [5.41, 5.74) is 6.86. The molecule has 11 heteroatoms. The zero-order valence-corrected chi connectivity index (χ0v) is 19.1. The molecular weight excluding hydrogens is 480 g/mol. The van der Waals surface area contributed by atoms with E-state index in [9.17, 15) is 19.7 Å². The van der Waals surface area contributed by atoms with Crippen molar-refractivity contribution in [2.24, 2.45) is 5.73 Å². The fraction of sp³-hybridized carbons (Fsp3) is 0.381. The van der Waals surface area contributed by atoms with E-state index in [2.05, 4.69) is 36.9 Å². The number of rotatable bonds is 7. The molecule has 1 heterocycles. The number of hydrogen-bond donors (Lipinski definition) is 4. The SMILES string of the molecule is CNC(=O)c1cc(Br)cc([N+](=O)[O-])c1N[C@@H]1CCCC[C@@H]1NC(=O)c1cncc(CN)c1. The van der Waals surface area contributed by atoms with Gasteiger partial charge >= 0.3 is 0 Å². The number of hydrogen-bond acceptors (Lipinski definition) is 7. The minimum absolute atomic E-state index is 0.135. The number of anilines is 1. The molecule has 0 aliphatic heterocycles. The second-order valence-electron chi connectivity index (χ2n) is 7.58. The Bertz CT molecular complexity index is 1030. The van der Waals surface area contributed by atoms with E-state index in [1.54, 1.807) is 12.3 Å². The molecule has 0 radical (unpaired) electrons. The van der Waals surface area contributed by atoms with Gasteiger partial charge in [-0.3, -0.25) is 24.7 Å². The van der Waals surface area contributed by atoms with Crippen molar-refractivity contribution in [3.63, 3.8) is 0 Å². The third-order valence-electron chi connectivity index (χ3n) is 5.46. The van der Waals surface area contributed by atoms with Crippen molar-refractivity contribution in [3.05, 3.63) is 61.9 Å². The van der Waals surface area contributed by atoms with Crippen LogP contribution in [0.15, 0.2) is 35.1 Å². The summed E-state index contributed by atoms with van der Waals surface area (Å²) in [5, 5.41) is 20.4. The highest BCUT2D eigenvalue weighted by Crippen LogP contribution is 2.35. The first-order chi connectivity index (χ1) is 15.3. The molecule has 32 heavy (non-hydrogen) atoms. The molecule has 1 aromatic carbocycles. The highest BCUT2D eigenvalue weighted by Gasteiger charge is 2.31. The molecule has 0 bridgehead atoms. The number of pyridine rings is 1. The van der Waals surface area contributed by atoms with Gasteiger partial charge in [0.05, 0.1) is 16.1 Å². The Labute approximate surface area is 193 Å². The first-order valence-corrected chi connectivity index (χ1v) is 11.0. The Kier molecular flexibility index (Phi) is 7.75. The van der Waals surface area contributed by atoms with Crippen molar-refractivity contribution in [3.8, 4) is 0 Å². The molecule has 0 saturated heterocycles. The summed E-state index contributed by atoms with van der Waals surface area (Å²) >= 11 is 3.24. The lowest BCUT2D eigenvalue weighted by molar-refractivity contribution is -0.384. The molecule has 2 aromatic rings. The Hall–Kier alpha value is -3.05. The monoisotopic (exact) mass is 504 g/mol. The quantitative estimate of drug-likeness (QED) is 0.334. The lowest BCUT2D eigenvalue weighted by atomic mass is 9.89. The number of nitro groups is 1. The normalized spacial score (nSPS) is 18.0. The predicted octanol–water partition coefficient (Wildman–Crippen LogP) is 2.72. The van der Waals surface area contributed by atoms with Crippen LogP contribution in [0.2, 0.25) is 0 Å². The minimum Gasteiger partial charge on any atom is -0.374 e. The van der Waals surface area contributed by atoms with Gasteiger partial charge in [0.2, 0.25) is 0 Å². The highest BCUT2D eigenvalue weighted by atomic mass is 79.9. The maximum Gasteiger partial charge on any atom is 0.294 e. The molecule has 1 aliphatic carbocycles. The van der Waals surface area contributed by atoms with Crippen LogP contribution < -0.4 is 21.7 Å². The molecule has 1 aromatic heterocycles. The van der Waals surface area contributed by atoms with Gasteiger partial charge in [-0.15, -0.1) is 0 Å². The maximum atomic E-state index is 12.8. The van der Waals surface area contributed by atoms with Gasteiger partial charge < -0.3 is 21.7 Å². The lowest BCUT2D eigenvalue weighted by Crippen LogP contribution is -2.48. The smallest absolute Gasteiger partial charge is 0.294 e. The average Bonchev–Trinajstić information content (AvgIpc) is 2.80. The summed E-state index contributed by atoms with van der Waals surface area (Å²) in [5.74, 6) is -0.735. The lowest BCUT2D eigenvalue weighted by Gasteiger charge is -2.33. The molecule has 1 aliphatic rings. The van der Waals surface area contributed by atoms with Crippen molar-refractivity contribution in [2.45, 2.75) is 44.3 Å². The Morgan fingerprint density at radius 3 is 2.56 bits per heavy atom. The third-order valence-corrected chi connectivity index (χ3v) is 5.91. The number of nitro benzene ring substituents is 1. The van der Waals surface area contributed by atoms with Gasteiger partial charge in [-0.05, 0) is 30.5 Å². The Balaban J connectivity index is 1.89. The molecule has 5 N–H and O–H groups in total. The number of nitrogens with two attached hydrogens (primary N) is 1. The van der Waals surface area contributed by atoms with E-state index in [1.807, 2.05) is 0 Å². The van der Waals surface area contributed by atoms with E-state index in [-0.39, 0.29) is 41.5 Å². The number of carbonyl (C=O) groups excluding carboxylic acids is 2. The van der Waals surface area contributed by atoms with Crippen molar-refractivity contribution < 1.29 is 14.5 Å². The van der Waals surface area contributed by atoms with E-state index in [0.29, 0.717) is 22.9 Å². The van der Waals surface area contributed by atoms with Gasteiger partial charge in [0.1, 0.15) is 5.69 Å². The summed E-state index contributed by atoms with van der Waals surface area (Å²) in [7, 11) is 1.46. The standard InChI is InChI=1S/C21H25BrN6O4/c1-24-21(30)15-7-14(22)8-18(28(31)32)19(15)26-16-4-2-3-5-17(16)27-20(29)13-6-12(9-23)10-25-11-13/h6-8,10-11,16-17,26H,2-5,9,23H2,1H3,(H,24,30)(H,27,29)/t16-,17+/m1/s1. The second kappa shape index (κ2) is 10.5. The fourth-order valence-corrected chi connectivity index (χ4v) is 4.28. The van der Waals surface area contributed by atoms with E-state index in [1.165, 1.54) is 25.4 Å². The molecule has 170 valence electrons. The topological polar surface area (TPSA) is 152 Å². The number of aromatic nitrogens is 1. The van der Waals surface area contributed by atoms with Crippen LogP contribution in [0.3, 0.4) is 0 Å². The molecule has 2 amide bonds. The predicted molar refractivity (Wildman–Crippen MR) is 123 cm³/mol. The van der Waals surface area contributed by atoms with Crippen LogP contribution in [0.25, 0.3) is 0 Å². The highest BCUT2D eigenvalue weighted by molar-refractivity contribution is 9.10. The average molecular weight is 505 g/mol. The van der Waals surface area contributed by atoms with Crippen LogP contribution in [0.4, 0.5) is 11.4 Å². The van der Waals surface area contributed by atoms with Crippen molar-refractivity contribution in [2.75, 3.05) is 12.4 Å². The number of nitrogens with one attached hydrogen (secondary N) is 3. The van der Waals surface area contributed by atoms with E-state index in [0.717, 1.165) is 18.4 Å². The Morgan fingerprint density at radius 2 is 1.91 bits per heavy atom. The summed E-state index contributed by atoms with van der Waals surface area (Å²) in [4.78, 5) is 40.5. The number of benzene rings is 1. The molecule has 2 atom stereocenters. The molecule has 10 nitrogen and oxygen atoms in total. The number of nitrogens with zero attached hydrogens (tertiary/aromatic N) is 2. The van der Waals surface area contributed by atoms with Crippen LogP contribution >= 0.6 is 15.9 Å². The molecule has 1 saturated carbocycles. The van der Waals surface area contributed by atoms with Crippen LogP contribution in [0.1, 0.15) is 52.0 Å². The van der Waals surface area contributed by atoms with Crippen molar-refractivity contribution in [1.82, 2.24) is 15.6 Å². The molecule has 1 fully saturated rings. The van der Waals surface area contributed by atoms with Gasteiger partial charge in [0.15, 0.2) is 0 Å². The first-order valence-electron chi connectivity index (χ1n) is 10.3. The molecule has 3 rings (SSSR count). The van der Waals surface area contributed by atoms with E-state index in [4.69, 9.17) is 5.73 Å². The number of halogens is 1.